The molecule has 1 N–H and O–H groups in total. The fourth-order valence-electron chi connectivity index (χ4n) is 2.03. The van der Waals surface area contributed by atoms with Gasteiger partial charge in [0.05, 0.1) is 6.61 Å². The van der Waals surface area contributed by atoms with E-state index in [1.54, 1.807) is 0 Å². The lowest BCUT2D eigenvalue weighted by molar-refractivity contribution is 0.333. The van der Waals surface area contributed by atoms with Crippen LogP contribution < -0.4 is 10.1 Å². The van der Waals surface area contributed by atoms with E-state index in [9.17, 15) is 0 Å². The summed E-state index contributed by atoms with van der Waals surface area (Å²) >= 11 is 6.01. The maximum absolute atomic E-state index is 6.01. The van der Waals surface area contributed by atoms with Crippen LogP contribution in [0.5, 0.6) is 5.75 Å². The summed E-state index contributed by atoms with van der Waals surface area (Å²) in [4.78, 5) is 0. The normalized spacial score (nSPS) is 20.5. The Kier molecular flexibility index (Phi) is 3.49. The minimum atomic E-state index is 0.408. The molecule has 1 aromatic carbocycles. The third-order valence-electron chi connectivity index (χ3n) is 2.71. The van der Waals surface area contributed by atoms with Gasteiger partial charge in [-0.3, -0.25) is 0 Å². The second-order valence-electron chi connectivity index (χ2n) is 3.76. The molecule has 1 saturated heterocycles. The van der Waals surface area contributed by atoms with Crippen molar-refractivity contribution in [3.63, 3.8) is 0 Å². The van der Waals surface area contributed by atoms with Gasteiger partial charge in [0.25, 0.3) is 0 Å². The molecule has 2 rings (SSSR count). The molecule has 0 radical (unpaired) electrons. The average Bonchev–Trinajstić information content (AvgIpc) is 2.74. The Labute approximate surface area is 95.6 Å². The molecule has 0 unspecified atom stereocenters. The summed E-state index contributed by atoms with van der Waals surface area (Å²) in [5.74, 6) is 0.960. The third-order valence-corrected chi connectivity index (χ3v) is 2.94. The molecule has 15 heavy (non-hydrogen) atoms. The Morgan fingerprint density at radius 3 is 3.07 bits per heavy atom. The van der Waals surface area contributed by atoms with Crippen molar-refractivity contribution in [3.05, 3.63) is 28.8 Å². The average molecular weight is 226 g/mol. The van der Waals surface area contributed by atoms with Crippen molar-refractivity contribution in [2.45, 2.75) is 25.8 Å². The highest BCUT2D eigenvalue weighted by Crippen LogP contribution is 2.32. The summed E-state index contributed by atoms with van der Waals surface area (Å²) < 4.78 is 5.61. The SMILES string of the molecule is CCOc1ccc(Cl)cc1[C@H]1CCCN1. The summed E-state index contributed by atoms with van der Waals surface area (Å²) in [6, 6.07) is 6.26. The summed E-state index contributed by atoms with van der Waals surface area (Å²) in [6.07, 6.45) is 2.39. The molecule has 82 valence electrons. The zero-order chi connectivity index (χ0) is 10.7. The van der Waals surface area contributed by atoms with Crippen LogP contribution in [-0.2, 0) is 0 Å². The number of hydrogen-bond acceptors (Lipinski definition) is 2. The highest BCUT2D eigenvalue weighted by Gasteiger charge is 2.20. The first-order valence-corrected chi connectivity index (χ1v) is 5.84. The highest BCUT2D eigenvalue weighted by molar-refractivity contribution is 6.30. The number of halogens is 1. The summed E-state index contributed by atoms with van der Waals surface area (Å²) in [5.41, 5.74) is 1.20. The molecule has 3 heteroatoms. The van der Waals surface area contributed by atoms with Crippen LogP contribution in [-0.4, -0.2) is 13.2 Å². The fourth-order valence-corrected chi connectivity index (χ4v) is 2.21. The second kappa shape index (κ2) is 4.86. The van der Waals surface area contributed by atoms with Crippen LogP contribution in [0.2, 0.25) is 5.02 Å². The Morgan fingerprint density at radius 1 is 1.53 bits per heavy atom. The molecule has 0 amide bonds. The Morgan fingerprint density at radius 2 is 2.40 bits per heavy atom. The van der Waals surface area contributed by atoms with Crippen molar-refractivity contribution in [1.82, 2.24) is 5.32 Å². The smallest absolute Gasteiger partial charge is 0.124 e. The molecule has 0 aromatic heterocycles. The number of hydrogen-bond donors (Lipinski definition) is 1. The van der Waals surface area contributed by atoms with Crippen LogP contribution in [0.4, 0.5) is 0 Å². The first-order chi connectivity index (χ1) is 7.31. The van der Waals surface area contributed by atoms with Crippen molar-refractivity contribution in [2.75, 3.05) is 13.2 Å². The maximum atomic E-state index is 6.01. The van der Waals surface area contributed by atoms with E-state index in [1.807, 2.05) is 25.1 Å². The fraction of sp³-hybridized carbons (Fsp3) is 0.500. The predicted octanol–water partition coefficient (Wildman–Crippen LogP) is 3.16. The van der Waals surface area contributed by atoms with Gasteiger partial charge in [0, 0.05) is 16.6 Å². The first kappa shape index (κ1) is 10.8. The molecule has 1 heterocycles. The third kappa shape index (κ3) is 2.44. The number of rotatable bonds is 3. The molecule has 0 bridgehead atoms. The number of benzene rings is 1. The quantitative estimate of drug-likeness (QED) is 0.853. The molecule has 2 nitrogen and oxygen atoms in total. The zero-order valence-corrected chi connectivity index (χ0v) is 9.68. The molecular weight excluding hydrogens is 210 g/mol. The summed E-state index contributed by atoms with van der Waals surface area (Å²) in [6.45, 7) is 3.78. The predicted molar refractivity (Wildman–Crippen MR) is 62.6 cm³/mol. The van der Waals surface area contributed by atoms with E-state index in [0.717, 1.165) is 17.3 Å². The lowest BCUT2D eigenvalue weighted by Gasteiger charge is -2.16. The Hall–Kier alpha value is -0.730. The molecule has 0 saturated carbocycles. The molecule has 1 aliphatic heterocycles. The largest absolute Gasteiger partial charge is 0.494 e. The van der Waals surface area contributed by atoms with Gasteiger partial charge in [-0.25, -0.2) is 0 Å². The van der Waals surface area contributed by atoms with E-state index in [1.165, 1.54) is 18.4 Å². The lowest BCUT2D eigenvalue weighted by atomic mass is 10.0. The van der Waals surface area contributed by atoms with Crippen LogP contribution >= 0.6 is 11.6 Å². The van der Waals surface area contributed by atoms with E-state index in [4.69, 9.17) is 16.3 Å². The highest BCUT2D eigenvalue weighted by atomic mass is 35.5. The van der Waals surface area contributed by atoms with Crippen LogP contribution in [0.15, 0.2) is 18.2 Å². The number of nitrogens with one attached hydrogen (secondary N) is 1. The van der Waals surface area contributed by atoms with Gasteiger partial charge in [0.1, 0.15) is 5.75 Å². The number of ether oxygens (including phenoxy) is 1. The molecule has 1 fully saturated rings. The van der Waals surface area contributed by atoms with Crippen molar-refractivity contribution in [2.24, 2.45) is 0 Å². The van der Waals surface area contributed by atoms with Gasteiger partial charge >= 0.3 is 0 Å². The molecular formula is C12H16ClNO. The molecule has 0 spiro atoms. The van der Waals surface area contributed by atoms with Gasteiger partial charge in [0.2, 0.25) is 0 Å². The monoisotopic (exact) mass is 225 g/mol. The van der Waals surface area contributed by atoms with Crippen molar-refractivity contribution < 1.29 is 4.74 Å². The molecule has 1 aromatic rings. The van der Waals surface area contributed by atoms with E-state index in [2.05, 4.69) is 5.32 Å². The zero-order valence-electron chi connectivity index (χ0n) is 8.92. The van der Waals surface area contributed by atoms with Crippen molar-refractivity contribution in [1.29, 1.82) is 0 Å². The molecule has 0 aliphatic carbocycles. The Bertz CT molecular complexity index is 334. The van der Waals surface area contributed by atoms with Gasteiger partial charge in [-0.15, -0.1) is 0 Å². The van der Waals surface area contributed by atoms with E-state index in [-0.39, 0.29) is 0 Å². The first-order valence-electron chi connectivity index (χ1n) is 5.47. The second-order valence-corrected chi connectivity index (χ2v) is 4.20. The van der Waals surface area contributed by atoms with Gasteiger partial charge in [-0.05, 0) is 44.5 Å². The van der Waals surface area contributed by atoms with Crippen LogP contribution in [0.25, 0.3) is 0 Å². The Balaban J connectivity index is 2.28. The standard InChI is InChI=1S/C12H16ClNO/c1-2-15-12-6-5-9(13)8-10(12)11-4-3-7-14-11/h5-6,8,11,14H,2-4,7H2,1H3/t11-/m1/s1. The maximum Gasteiger partial charge on any atom is 0.124 e. The minimum absolute atomic E-state index is 0.408. The summed E-state index contributed by atoms with van der Waals surface area (Å²) in [7, 11) is 0. The van der Waals surface area contributed by atoms with Crippen molar-refractivity contribution in [3.8, 4) is 5.75 Å². The van der Waals surface area contributed by atoms with E-state index < -0.39 is 0 Å². The minimum Gasteiger partial charge on any atom is -0.494 e. The van der Waals surface area contributed by atoms with Crippen LogP contribution in [0.1, 0.15) is 31.4 Å². The van der Waals surface area contributed by atoms with Gasteiger partial charge in [0.15, 0.2) is 0 Å². The van der Waals surface area contributed by atoms with Crippen LogP contribution in [0.3, 0.4) is 0 Å². The van der Waals surface area contributed by atoms with Gasteiger partial charge in [-0.1, -0.05) is 11.6 Å². The molecule has 1 aliphatic rings. The lowest BCUT2D eigenvalue weighted by Crippen LogP contribution is -2.14. The summed E-state index contributed by atoms with van der Waals surface area (Å²) in [5, 5.41) is 4.24. The molecule has 1 atom stereocenters. The van der Waals surface area contributed by atoms with Gasteiger partial charge in [-0.2, -0.15) is 0 Å². The van der Waals surface area contributed by atoms with Gasteiger partial charge < -0.3 is 10.1 Å². The van der Waals surface area contributed by atoms with E-state index >= 15 is 0 Å². The topological polar surface area (TPSA) is 21.3 Å². The van der Waals surface area contributed by atoms with E-state index in [0.29, 0.717) is 12.6 Å². The van der Waals surface area contributed by atoms with Crippen LogP contribution in [0, 0.1) is 0 Å². The van der Waals surface area contributed by atoms with Crippen molar-refractivity contribution >= 4 is 11.6 Å².